The molecule has 0 radical (unpaired) electrons. The van der Waals surface area contributed by atoms with E-state index in [2.05, 4.69) is 10.6 Å². The van der Waals surface area contributed by atoms with Gasteiger partial charge in [-0.05, 0) is 41.6 Å². The number of halogens is 1. The van der Waals surface area contributed by atoms with Gasteiger partial charge in [0.2, 0.25) is 0 Å². The van der Waals surface area contributed by atoms with Crippen molar-refractivity contribution in [2.75, 3.05) is 0 Å². The number of rotatable bonds is 1. The Labute approximate surface area is 73.7 Å². The second-order valence-electron chi connectivity index (χ2n) is 2.63. The molecule has 1 aromatic carbocycles. The Morgan fingerprint density at radius 2 is 1.64 bits per heavy atom. The summed E-state index contributed by atoms with van der Waals surface area (Å²) in [7, 11) is 0. The van der Waals surface area contributed by atoms with E-state index in [1.807, 2.05) is 26.0 Å². The Balaban J connectivity index is 3.29. The lowest BCUT2D eigenvalue weighted by molar-refractivity contribution is 0.647. The van der Waals surface area contributed by atoms with Crippen molar-refractivity contribution in [1.82, 2.24) is 0 Å². The lowest BCUT2D eigenvalue weighted by Crippen LogP contribution is -1.79. The van der Waals surface area contributed by atoms with E-state index in [1.54, 1.807) is 0 Å². The van der Waals surface area contributed by atoms with Crippen molar-refractivity contribution in [3.63, 3.8) is 0 Å². The van der Waals surface area contributed by atoms with Gasteiger partial charge in [0, 0.05) is 3.57 Å². The van der Waals surface area contributed by atoms with Crippen molar-refractivity contribution >= 4 is 23.8 Å². The molecule has 0 bridgehead atoms. The van der Waals surface area contributed by atoms with Crippen LogP contribution in [0.25, 0.3) is 0 Å². The van der Waals surface area contributed by atoms with E-state index in [-0.39, 0.29) is 0 Å². The highest BCUT2D eigenvalue weighted by Gasteiger charge is 1.94. The Bertz CT molecular complexity index is 309. The molecule has 0 saturated carbocycles. The quantitative estimate of drug-likeness (QED) is 0.711. The summed E-state index contributed by atoms with van der Waals surface area (Å²) in [5.74, 6) is 0. The summed E-state index contributed by atoms with van der Waals surface area (Å²) in [5, 5.41) is 0. The summed E-state index contributed by atoms with van der Waals surface area (Å²) in [4.78, 5) is 0. The van der Waals surface area contributed by atoms with E-state index in [1.165, 1.54) is 11.1 Å². The minimum absolute atomic E-state index is 0.937. The first-order valence-electron chi connectivity index (χ1n) is 3.34. The molecular formula is C9H11IO. The second-order valence-corrected chi connectivity index (χ2v) is 5.70. The highest BCUT2D eigenvalue weighted by Crippen LogP contribution is 2.19. The monoisotopic (exact) mass is 262 g/mol. The largest absolute Gasteiger partial charge is 0.274 e. The van der Waals surface area contributed by atoms with Gasteiger partial charge in [-0.1, -0.05) is 6.07 Å². The molecule has 0 unspecified atom stereocenters. The predicted octanol–water partition coefficient (Wildman–Crippen LogP) is 2.76. The Morgan fingerprint density at radius 3 is 2.00 bits per heavy atom. The highest BCUT2D eigenvalue weighted by molar-refractivity contribution is 14.2. The molecule has 0 spiro atoms. The maximum absolute atomic E-state index is 11.1. The van der Waals surface area contributed by atoms with Crippen LogP contribution in [0.4, 0.5) is 0 Å². The van der Waals surface area contributed by atoms with Gasteiger partial charge in [-0.15, -0.1) is 0 Å². The molecule has 0 heterocycles. The minimum Gasteiger partial charge on any atom is -0.274 e. The van der Waals surface area contributed by atoms with E-state index in [0.717, 1.165) is 3.57 Å². The fourth-order valence-electron chi connectivity index (χ4n) is 1.04. The number of benzene rings is 1. The van der Waals surface area contributed by atoms with Gasteiger partial charge in [-0.3, -0.25) is 3.07 Å². The zero-order valence-corrected chi connectivity index (χ0v) is 8.88. The fraction of sp³-hybridized carbons (Fsp3) is 0.222. The van der Waals surface area contributed by atoms with Gasteiger partial charge >= 0.3 is 0 Å². The summed E-state index contributed by atoms with van der Waals surface area (Å²) in [6.07, 6.45) is 0. The predicted molar refractivity (Wildman–Crippen MR) is 56.4 cm³/mol. The molecule has 0 atom stereocenters. The zero-order chi connectivity index (χ0) is 8.43. The fourth-order valence-corrected chi connectivity index (χ4v) is 2.72. The van der Waals surface area contributed by atoms with Crippen LogP contribution in [0.3, 0.4) is 0 Å². The van der Waals surface area contributed by atoms with Crippen LogP contribution in [0, 0.1) is 17.4 Å². The summed E-state index contributed by atoms with van der Waals surface area (Å²) in [6, 6.07) is 5.98. The third-order valence-electron chi connectivity index (χ3n) is 1.43. The number of aryl methyl sites for hydroxylation is 2. The first-order chi connectivity index (χ1) is 5.09. The Morgan fingerprint density at radius 1 is 1.18 bits per heavy atom. The van der Waals surface area contributed by atoms with Crippen molar-refractivity contribution in [3.05, 3.63) is 32.9 Å². The summed E-state index contributed by atoms with van der Waals surface area (Å²) in [5.41, 5.74) is 2.34. The molecule has 0 aliphatic heterocycles. The standard InChI is InChI=1S/C9H11IO/c1-7-4-8(2)6-9(5-7)10(3)11/h4-6H,3H2,1-2H3. The third-order valence-corrected chi connectivity index (χ3v) is 3.44. The topological polar surface area (TPSA) is 17.1 Å². The van der Waals surface area contributed by atoms with Crippen molar-refractivity contribution in [2.45, 2.75) is 13.8 Å². The molecule has 11 heavy (non-hydrogen) atoms. The zero-order valence-electron chi connectivity index (χ0n) is 6.73. The van der Waals surface area contributed by atoms with Gasteiger partial charge in [-0.25, -0.2) is 0 Å². The molecule has 1 rings (SSSR count). The van der Waals surface area contributed by atoms with Crippen molar-refractivity contribution in [2.24, 2.45) is 0 Å². The smallest absolute Gasteiger partial charge is 0.107 e. The molecule has 60 valence electrons. The lowest BCUT2D eigenvalue weighted by Gasteiger charge is -1.97. The van der Waals surface area contributed by atoms with E-state index in [9.17, 15) is 3.07 Å². The van der Waals surface area contributed by atoms with E-state index < -0.39 is 19.3 Å². The SMILES string of the molecule is C=I(=O)c1cc(C)cc(C)c1. The van der Waals surface area contributed by atoms with Gasteiger partial charge in [0.25, 0.3) is 0 Å². The minimum atomic E-state index is -2.24. The maximum atomic E-state index is 11.1. The Hall–Kier alpha value is -0.380. The van der Waals surface area contributed by atoms with Gasteiger partial charge in [0.05, 0.1) is 0 Å². The number of hydrogen-bond acceptors (Lipinski definition) is 1. The van der Waals surface area contributed by atoms with Crippen LogP contribution in [0.15, 0.2) is 18.2 Å². The van der Waals surface area contributed by atoms with Gasteiger partial charge in [0.1, 0.15) is 19.3 Å². The molecular weight excluding hydrogens is 251 g/mol. The molecule has 0 aliphatic carbocycles. The molecule has 0 aliphatic rings. The van der Waals surface area contributed by atoms with Crippen LogP contribution >= 0.6 is 19.3 Å². The first-order valence-corrected chi connectivity index (χ1v) is 6.83. The normalized spacial score (nSPS) is 10.5. The van der Waals surface area contributed by atoms with Crippen LogP contribution in [0.5, 0.6) is 0 Å². The Kier molecular flexibility index (Phi) is 2.65. The summed E-state index contributed by atoms with van der Waals surface area (Å²) < 4.78 is 15.6. The summed E-state index contributed by atoms with van der Waals surface area (Å²) >= 11 is -2.24. The van der Waals surface area contributed by atoms with Crippen LogP contribution in [0.2, 0.25) is 0 Å². The lowest BCUT2D eigenvalue weighted by atomic mass is 10.2. The molecule has 2 heteroatoms. The van der Waals surface area contributed by atoms with Gasteiger partial charge in [0.15, 0.2) is 0 Å². The average molecular weight is 262 g/mol. The van der Waals surface area contributed by atoms with E-state index >= 15 is 0 Å². The molecule has 0 aromatic heterocycles. The molecule has 0 fully saturated rings. The van der Waals surface area contributed by atoms with Crippen molar-refractivity contribution in [1.29, 1.82) is 0 Å². The highest BCUT2D eigenvalue weighted by atomic mass is 127. The third kappa shape index (κ3) is 2.29. The maximum Gasteiger partial charge on any atom is 0.107 e. The molecule has 0 amide bonds. The number of hydrogen-bond donors (Lipinski definition) is 0. The first kappa shape index (κ1) is 8.71. The van der Waals surface area contributed by atoms with Crippen molar-refractivity contribution < 1.29 is 3.07 Å². The summed E-state index contributed by atoms with van der Waals surface area (Å²) in [6.45, 7) is 4.02. The van der Waals surface area contributed by atoms with Crippen LogP contribution in [-0.4, -0.2) is 4.51 Å². The average Bonchev–Trinajstić information content (AvgIpc) is 1.85. The second kappa shape index (κ2) is 3.34. The molecule has 1 nitrogen and oxygen atoms in total. The van der Waals surface area contributed by atoms with Crippen LogP contribution in [0.1, 0.15) is 11.1 Å². The molecule has 0 N–H and O–H groups in total. The molecule has 0 saturated heterocycles. The van der Waals surface area contributed by atoms with Gasteiger partial charge < -0.3 is 0 Å². The van der Waals surface area contributed by atoms with Crippen LogP contribution < -0.4 is 0 Å². The van der Waals surface area contributed by atoms with Crippen molar-refractivity contribution in [3.8, 4) is 0 Å². The van der Waals surface area contributed by atoms with Gasteiger partial charge in [-0.2, -0.15) is 0 Å². The molecule has 1 aromatic rings. The van der Waals surface area contributed by atoms with E-state index in [0.29, 0.717) is 0 Å². The van der Waals surface area contributed by atoms with Crippen LogP contribution in [-0.2, 0) is 3.07 Å². The van der Waals surface area contributed by atoms with E-state index in [4.69, 9.17) is 0 Å².